The lowest BCUT2D eigenvalue weighted by molar-refractivity contribution is -0.137. The van der Waals surface area contributed by atoms with E-state index >= 15 is 0 Å². The van der Waals surface area contributed by atoms with Crippen LogP contribution in [-0.2, 0) is 4.74 Å². The molecule has 0 rings (SSSR count). The van der Waals surface area contributed by atoms with Crippen LogP contribution in [0.4, 0.5) is 13.2 Å². The first-order valence-electron chi connectivity index (χ1n) is 3.91. The van der Waals surface area contributed by atoms with Crippen molar-refractivity contribution in [2.45, 2.75) is 25.4 Å². The van der Waals surface area contributed by atoms with Crippen molar-refractivity contribution in [3.8, 4) is 0 Å². The van der Waals surface area contributed by atoms with Crippen molar-refractivity contribution in [1.29, 1.82) is 0 Å². The maximum Gasteiger partial charge on any atom is 0.389 e. The fourth-order valence-corrected chi connectivity index (χ4v) is 0.662. The van der Waals surface area contributed by atoms with Gasteiger partial charge in [-0.3, -0.25) is 0 Å². The van der Waals surface area contributed by atoms with Crippen molar-refractivity contribution < 1.29 is 17.9 Å². The molecule has 0 heterocycles. The zero-order chi connectivity index (χ0) is 9.45. The van der Waals surface area contributed by atoms with E-state index in [1.165, 1.54) is 0 Å². The minimum Gasteiger partial charge on any atom is -0.381 e. The zero-order valence-corrected chi connectivity index (χ0v) is 6.86. The summed E-state index contributed by atoms with van der Waals surface area (Å²) in [6.45, 7) is 1.13. The second-order valence-electron chi connectivity index (χ2n) is 2.47. The molecular formula is C7H14F3NO. The number of ether oxygens (including phenoxy) is 1. The van der Waals surface area contributed by atoms with Crippen molar-refractivity contribution in [3.63, 3.8) is 0 Å². The first-order chi connectivity index (χ1) is 5.56. The molecule has 0 spiro atoms. The molecule has 0 saturated heterocycles. The summed E-state index contributed by atoms with van der Waals surface area (Å²) in [7, 11) is 0. The topological polar surface area (TPSA) is 35.2 Å². The Morgan fingerprint density at radius 2 is 1.67 bits per heavy atom. The highest BCUT2D eigenvalue weighted by Crippen LogP contribution is 2.20. The highest BCUT2D eigenvalue weighted by atomic mass is 19.4. The van der Waals surface area contributed by atoms with Gasteiger partial charge < -0.3 is 10.5 Å². The minimum absolute atomic E-state index is 0.0358. The van der Waals surface area contributed by atoms with Gasteiger partial charge in [0.15, 0.2) is 0 Å². The van der Waals surface area contributed by atoms with Crippen LogP contribution in [0.2, 0.25) is 0 Å². The molecule has 0 radical (unpaired) electrons. The number of hydrogen-bond donors (Lipinski definition) is 1. The van der Waals surface area contributed by atoms with E-state index in [0.717, 1.165) is 0 Å². The van der Waals surface area contributed by atoms with Crippen LogP contribution in [0.1, 0.15) is 19.3 Å². The second kappa shape index (κ2) is 6.25. The third-order valence-corrected chi connectivity index (χ3v) is 1.24. The normalized spacial score (nSPS) is 12.0. The molecule has 2 N–H and O–H groups in total. The van der Waals surface area contributed by atoms with E-state index in [1.807, 2.05) is 0 Å². The van der Waals surface area contributed by atoms with Crippen molar-refractivity contribution in [1.82, 2.24) is 0 Å². The summed E-state index contributed by atoms with van der Waals surface area (Å²) in [6.07, 6.45) is -4.09. The van der Waals surface area contributed by atoms with Crippen LogP contribution in [0, 0.1) is 0 Å². The highest BCUT2D eigenvalue weighted by Gasteiger charge is 2.25. The molecule has 0 fully saturated rings. The Morgan fingerprint density at radius 1 is 1.08 bits per heavy atom. The molecule has 0 amide bonds. The molecule has 0 aromatic rings. The van der Waals surface area contributed by atoms with Crippen LogP contribution in [0.5, 0.6) is 0 Å². The van der Waals surface area contributed by atoms with Gasteiger partial charge in [0.05, 0.1) is 0 Å². The summed E-state index contributed by atoms with van der Waals surface area (Å²) < 4.78 is 39.6. The highest BCUT2D eigenvalue weighted by molar-refractivity contribution is 4.49. The van der Waals surface area contributed by atoms with E-state index < -0.39 is 12.6 Å². The second-order valence-corrected chi connectivity index (χ2v) is 2.47. The largest absolute Gasteiger partial charge is 0.389 e. The molecule has 2 nitrogen and oxygen atoms in total. The van der Waals surface area contributed by atoms with Crippen LogP contribution < -0.4 is 5.73 Å². The van der Waals surface area contributed by atoms with E-state index in [1.54, 1.807) is 0 Å². The van der Waals surface area contributed by atoms with Crippen LogP contribution in [0.3, 0.4) is 0 Å². The summed E-state index contributed by atoms with van der Waals surface area (Å²) >= 11 is 0. The Balaban J connectivity index is 3.01. The van der Waals surface area contributed by atoms with Gasteiger partial charge in [0.25, 0.3) is 0 Å². The molecular weight excluding hydrogens is 171 g/mol. The molecule has 74 valence electrons. The third kappa shape index (κ3) is 9.71. The molecule has 0 atom stereocenters. The zero-order valence-electron chi connectivity index (χ0n) is 6.86. The van der Waals surface area contributed by atoms with Gasteiger partial charge in [0.2, 0.25) is 0 Å². The lowest BCUT2D eigenvalue weighted by Crippen LogP contribution is -2.10. The van der Waals surface area contributed by atoms with Crippen LogP contribution in [-0.4, -0.2) is 25.9 Å². The number of hydrogen-bond acceptors (Lipinski definition) is 2. The first-order valence-corrected chi connectivity index (χ1v) is 3.91. The van der Waals surface area contributed by atoms with E-state index in [-0.39, 0.29) is 13.0 Å². The third-order valence-electron chi connectivity index (χ3n) is 1.24. The van der Waals surface area contributed by atoms with E-state index in [4.69, 9.17) is 10.5 Å². The Labute approximate surface area is 69.9 Å². The smallest absolute Gasteiger partial charge is 0.381 e. The molecule has 0 bridgehead atoms. The van der Waals surface area contributed by atoms with Crippen molar-refractivity contribution in [2.24, 2.45) is 5.73 Å². The quantitative estimate of drug-likeness (QED) is 0.639. The molecule has 0 aliphatic rings. The van der Waals surface area contributed by atoms with Crippen molar-refractivity contribution in [3.05, 3.63) is 0 Å². The van der Waals surface area contributed by atoms with Crippen LogP contribution >= 0.6 is 0 Å². The summed E-state index contributed by atoms with van der Waals surface area (Å²) in [6, 6.07) is 0. The van der Waals surface area contributed by atoms with Gasteiger partial charge in [-0.05, 0) is 19.4 Å². The first kappa shape index (κ1) is 11.7. The SMILES string of the molecule is NCCCOCCCC(F)(F)F. The van der Waals surface area contributed by atoms with Gasteiger partial charge in [-0.2, -0.15) is 13.2 Å². The van der Waals surface area contributed by atoms with Crippen molar-refractivity contribution in [2.75, 3.05) is 19.8 Å². The summed E-state index contributed by atoms with van der Waals surface area (Å²) in [5.41, 5.74) is 5.15. The van der Waals surface area contributed by atoms with Crippen LogP contribution in [0.25, 0.3) is 0 Å². The fraction of sp³-hybridized carbons (Fsp3) is 1.00. The fourth-order valence-electron chi connectivity index (χ4n) is 0.662. The Hall–Kier alpha value is -0.290. The minimum atomic E-state index is -4.06. The lowest BCUT2D eigenvalue weighted by atomic mass is 10.3. The molecule has 5 heteroatoms. The predicted octanol–water partition coefficient (Wildman–Crippen LogP) is 1.69. The molecule has 0 unspecified atom stereocenters. The van der Waals surface area contributed by atoms with Gasteiger partial charge in [0, 0.05) is 19.6 Å². The number of alkyl halides is 3. The summed E-state index contributed by atoms with van der Waals surface area (Å²) in [4.78, 5) is 0. The van der Waals surface area contributed by atoms with Gasteiger partial charge >= 0.3 is 6.18 Å². The molecule has 0 aromatic heterocycles. The summed E-state index contributed by atoms with van der Waals surface area (Å²) in [5.74, 6) is 0. The lowest BCUT2D eigenvalue weighted by Gasteiger charge is -2.05. The van der Waals surface area contributed by atoms with Gasteiger partial charge in [0.1, 0.15) is 0 Å². The van der Waals surface area contributed by atoms with Crippen LogP contribution in [0.15, 0.2) is 0 Å². The molecule has 0 saturated carbocycles. The monoisotopic (exact) mass is 185 g/mol. The standard InChI is InChI=1S/C7H14F3NO/c8-7(9,10)3-1-5-12-6-2-4-11/h1-6,11H2. The number of halogens is 3. The van der Waals surface area contributed by atoms with E-state index in [2.05, 4.69) is 0 Å². The van der Waals surface area contributed by atoms with E-state index in [0.29, 0.717) is 19.6 Å². The molecule has 0 aromatic carbocycles. The van der Waals surface area contributed by atoms with Gasteiger partial charge in [-0.15, -0.1) is 0 Å². The average molecular weight is 185 g/mol. The maximum absolute atomic E-state index is 11.6. The maximum atomic E-state index is 11.6. The van der Waals surface area contributed by atoms with Gasteiger partial charge in [-0.25, -0.2) is 0 Å². The molecule has 0 aliphatic carbocycles. The Kier molecular flexibility index (Phi) is 6.10. The Bertz CT molecular complexity index is 105. The Morgan fingerprint density at radius 3 is 2.17 bits per heavy atom. The average Bonchev–Trinajstić information content (AvgIpc) is 1.94. The number of nitrogens with two attached hydrogens (primary N) is 1. The van der Waals surface area contributed by atoms with E-state index in [9.17, 15) is 13.2 Å². The summed E-state index contributed by atoms with van der Waals surface area (Å²) in [5, 5.41) is 0. The predicted molar refractivity (Wildman–Crippen MR) is 39.8 cm³/mol. The molecule has 12 heavy (non-hydrogen) atoms. The molecule has 0 aliphatic heterocycles. The number of rotatable bonds is 6. The van der Waals surface area contributed by atoms with Gasteiger partial charge in [-0.1, -0.05) is 0 Å². The van der Waals surface area contributed by atoms with Crippen molar-refractivity contribution >= 4 is 0 Å².